The van der Waals surface area contributed by atoms with Crippen molar-refractivity contribution >= 4 is 11.8 Å². The molecule has 2 unspecified atom stereocenters. The summed E-state index contributed by atoms with van der Waals surface area (Å²) in [5.74, 6) is -0.229. The Bertz CT molecular complexity index is 2360. The predicted molar refractivity (Wildman–Crippen MR) is 264 cm³/mol. The van der Waals surface area contributed by atoms with Crippen molar-refractivity contribution in [1.29, 1.82) is 0 Å². The zero-order valence-corrected chi connectivity index (χ0v) is 42.1. The summed E-state index contributed by atoms with van der Waals surface area (Å²) >= 11 is 0. The van der Waals surface area contributed by atoms with Crippen LogP contribution in [-0.4, -0.2) is 133 Å². The number of carbonyl (C=O) groups is 2. The van der Waals surface area contributed by atoms with E-state index in [4.69, 9.17) is 0 Å². The van der Waals surface area contributed by atoms with Gasteiger partial charge in [-0.1, -0.05) is 85.1 Å². The fraction of sp³-hybridized carbons (Fsp3) is 0.536. The summed E-state index contributed by atoms with van der Waals surface area (Å²) in [4.78, 5) is 39.9. The molecule has 4 aliphatic rings. The molecule has 2 atom stereocenters. The minimum Gasteiger partial charge on any atom is -0.344 e. The highest BCUT2D eigenvalue weighted by Gasteiger charge is 2.39. The molecule has 17 heteroatoms. The summed E-state index contributed by atoms with van der Waals surface area (Å²) < 4.78 is 119. The van der Waals surface area contributed by atoms with E-state index in [9.17, 15) is 49.1 Å². The van der Waals surface area contributed by atoms with Crippen LogP contribution in [0.25, 0.3) is 0 Å². The van der Waals surface area contributed by atoms with Crippen LogP contribution in [0.4, 0.5) is 39.5 Å². The van der Waals surface area contributed by atoms with Gasteiger partial charge >= 0.3 is 18.5 Å². The minimum atomic E-state index is -4.90. The van der Waals surface area contributed by atoms with Gasteiger partial charge in [0.2, 0.25) is 11.8 Å². The van der Waals surface area contributed by atoms with E-state index in [1.165, 1.54) is 62.6 Å². The van der Waals surface area contributed by atoms with E-state index in [1.807, 2.05) is 60.7 Å². The molecule has 4 aromatic carbocycles. The molecular weight excluding hydrogens is 960 g/mol. The average molecular weight is 1030 g/mol. The van der Waals surface area contributed by atoms with Gasteiger partial charge in [0.05, 0.1) is 16.7 Å². The first kappa shape index (κ1) is 55.8. The van der Waals surface area contributed by atoms with Gasteiger partial charge < -0.3 is 14.7 Å². The van der Waals surface area contributed by atoms with Gasteiger partial charge in [-0.05, 0) is 124 Å². The fourth-order valence-electron chi connectivity index (χ4n) is 10.8. The lowest BCUT2D eigenvalue weighted by atomic mass is 9.91. The Balaban J connectivity index is 0.000000214. The molecule has 0 aromatic heterocycles. The van der Waals surface area contributed by atoms with Crippen molar-refractivity contribution < 1.29 is 49.1 Å². The number of hydrogen-bond donors (Lipinski definition) is 0. The number of benzene rings is 4. The van der Waals surface area contributed by atoms with Gasteiger partial charge in [0.15, 0.2) is 0 Å². The smallest absolute Gasteiger partial charge is 0.344 e. The number of carbonyl (C=O) groups excluding carboxylic acids is 2. The standard InChI is InChI=1S/C29H38F3N3O.C27H31F6N3O/c1-22-19-23(21-25(20-22)29(30,31)32)11-16-33(2)28(36)27(24-9-5-3-6-10-24)35-17-12-26(13-18-35)34-14-7-4-8-15-34;1-34(11-10-19-16-21(26(28,29)30)18-22(17-19)27(31,32)33)25(37)24(20-6-3-2-4-7-20)36-14-12-35(13-15-36)23-8-5-9-23/h3,5-6,9-10,19-21,26-27H,4,7-8,11-18H2,1-2H3;2-4,6-7,16-18,23-24H,5,8-15H2,1H3. The maximum atomic E-state index is 13.7. The molecule has 1 saturated carbocycles. The van der Waals surface area contributed by atoms with Crippen LogP contribution in [0, 0.1) is 6.92 Å². The summed E-state index contributed by atoms with van der Waals surface area (Å²) in [6, 6.07) is 25.1. The topological polar surface area (TPSA) is 53.6 Å². The number of amides is 2. The number of hydrogen-bond acceptors (Lipinski definition) is 6. The molecule has 0 bridgehead atoms. The van der Waals surface area contributed by atoms with E-state index in [2.05, 4.69) is 19.6 Å². The van der Waals surface area contributed by atoms with E-state index in [1.54, 1.807) is 32.0 Å². The molecule has 3 heterocycles. The Hall–Kier alpha value is -4.97. The highest BCUT2D eigenvalue weighted by Crippen LogP contribution is 2.37. The van der Waals surface area contributed by atoms with Crippen molar-refractivity contribution in [1.82, 2.24) is 29.4 Å². The Morgan fingerprint density at radius 3 is 1.32 bits per heavy atom. The molecule has 3 aliphatic heterocycles. The normalized spacial score (nSPS) is 19.1. The fourth-order valence-corrected chi connectivity index (χ4v) is 10.8. The van der Waals surface area contributed by atoms with Crippen LogP contribution in [0.2, 0.25) is 0 Å². The highest BCUT2D eigenvalue weighted by atomic mass is 19.4. The van der Waals surface area contributed by atoms with Crippen molar-refractivity contribution in [3.05, 3.63) is 142 Å². The number of halogens is 9. The summed E-state index contributed by atoms with van der Waals surface area (Å²) in [7, 11) is 3.31. The largest absolute Gasteiger partial charge is 0.416 e. The third-order valence-electron chi connectivity index (χ3n) is 15.1. The molecule has 2 amide bonds. The first-order valence-corrected chi connectivity index (χ1v) is 25.7. The van der Waals surface area contributed by atoms with Crippen LogP contribution in [0.15, 0.2) is 97.1 Å². The quantitative estimate of drug-likeness (QED) is 0.117. The second-order valence-electron chi connectivity index (χ2n) is 20.3. The third kappa shape index (κ3) is 15.1. The zero-order chi connectivity index (χ0) is 52.5. The second kappa shape index (κ2) is 24.6. The molecule has 0 spiro atoms. The van der Waals surface area contributed by atoms with Gasteiger partial charge in [0.1, 0.15) is 12.1 Å². The van der Waals surface area contributed by atoms with Crippen LogP contribution in [0.3, 0.4) is 0 Å². The van der Waals surface area contributed by atoms with Crippen molar-refractivity contribution in [2.75, 3.05) is 79.5 Å². The number of piperidine rings is 2. The lowest BCUT2D eigenvalue weighted by Crippen LogP contribution is -2.54. The SMILES string of the molecule is CN(CCc1cc(C(F)(F)F)cc(C(F)(F)F)c1)C(=O)C(c1ccccc1)N1CCN(C2CCC2)CC1.Cc1cc(CCN(C)C(=O)C(c2ccccc2)N2CCC(N3CCCCC3)CC2)cc(C(F)(F)F)c1. The number of rotatable bonds is 14. The van der Waals surface area contributed by atoms with Crippen molar-refractivity contribution in [2.24, 2.45) is 0 Å². The van der Waals surface area contributed by atoms with E-state index in [0.717, 1.165) is 68.3 Å². The average Bonchev–Trinajstić information content (AvgIpc) is 3.35. The Kier molecular flexibility index (Phi) is 18.8. The van der Waals surface area contributed by atoms with Crippen LogP contribution in [0.5, 0.6) is 0 Å². The number of likely N-dealkylation sites (N-methyl/N-ethyl adjacent to an activating group) is 2. The van der Waals surface area contributed by atoms with Crippen LogP contribution < -0.4 is 0 Å². The van der Waals surface area contributed by atoms with E-state index in [0.29, 0.717) is 49.3 Å². The molecule has 73 heavy (non-hydrogen) atoms. The van der Waals surface area contributed by atoms with Gasteiger partial charge in [0, 0.05) is 78.5 Å². The first-order chi connectivity index (χ1) is 34.7. The number of nitrogens with zero attached hydrogens (tertiary/aromatic N) is 6. The molecule has 4 fully saturated rings. The second-order valence-corrected chi connectivity index (χ2v) is 20.3. The molecule has 0 N–H and O–H groups in total. The van der Waals surface area contributed by atoms with E-state index in [-0.39, 0.29) is 42.5 Å². The van der Waals surface area contributed by atoms with Gasteiger partial charge in [0.25, 0.3) is 0 Å². The molecule has 398 valence electrons. The van der Waals surface area contributed by atoms with Crippen molar-refractivity contribution in [2.45, 2.75) is 114 Å². The van der Waals surface area contributed by atoms with Gasteiger partial charge in [-0.3, -0.25) is 24.3 Å². The molecule has 4 aromatic rings. The van der Waals surface area contributed by atoms with Crippen LogP contribution in [0.1, 0.15) is 108 Å². The number of aryl methyl sites for hydroxylation is 1. The number of likely N-dealkylation sites (tertiary alicyclic amines) is 2. The zero-order valence-electron chi connectivity index (χ0n) is 42.1. The Morgan fingerprint density at radius 1 is 0.493 bits per heavy atom. The maximum absolute atomic E-state index is 13.7. The molecule has 3 saturated heterocycles. The predicted octanol–water partition coefficient (Wildman–Crippen LogP) is 11.3. The molecule has 1 aliphatic carbocycles. The Morgan fingerprint density at radius 2 is 0.890 bits per heavy atom. The molecule has 8 rings (SSSR count). The third-order valence-corrected chi connectivity index (χ3v) is 15.1. The van der Waals surface area contributed by atoms with Gasteiger partial charge in [-0.2, -0.15) is 39.5 Å². The van der Waals surface area contributed by atoms with Crippen LogP contribution >= 0.6 is 0 Å². The Labute approximate surface area is 424 Å². The summed E-state index contributed by atoms with van der Waals surface area (Å²) in [6.07, 6.45) is -4.28. The van der Waals surface area contributed by atoms with E-state index >= 15 is 0 Å². The summed E-state index contributed by atoms with van der Waals surface area (Å²) in [5.41, 5.74) is -0.489. The minimum absolute atomic E-state index is 0.00122. The summed E-state index contributed by atoms with van der Waals surface area (Å²) in [5, 5.41) is 0. The summed E-state index contributed by atoms with van der Waals surface area (Å²) in [6.45, 7) is 9.26. The van der Waals surface area contributed by atoms with Crippen molar-refractivity contribution in [3.63, 3.8) is 0 Å². The molecule has 0 radical (unpaired) electrons. The number of alkyl halides is 9. The maximum Gasteiger partial charge on any atom is 0.416 e. The lowest BCUT2D eigenvalue weighted by Gasteiger charge is -2.45. The van der Waals surface area contributed by atoms with Gasteiger partial charge in [-0.25, -0.2) is 0 Å². The molecule has 8 nitrogen and oxygen atoms in total. The molecular formula is C56H69F9N6O2. The van der Waals surface area contributed by atoms with Gasteiger partial charge in [-0.15, -0.1) is 0 Å². The number of piperazine rings is 1. The van der Waals surface area contributed by atoms with Crippen molar-refractivity contribution in [3.8, 4) is 0 Å². The lowest BCUT2D eigenvalue weighted by molar-refractivity contribution is -0.143. The highest BCUT2D eigenvalue weighted by molar-refractivity contribution is 5.84. The van der Waals surface area contributed by atoms with E-state index < -0.39 is 41.3 Å². The van der Waals surface area contributed by atoms with Crippen LogP contribution in [-0.2, 0) is 41.0 Å². The monoisotopic (exact) mass is 1030 g/mol. The first-order valence-electron chi connectivity index (χ1n) is 25.7.